The largest absolute Gasteiger partial charge is 0.313 e. The Labute approximate surface area is 86.5 Å². The Morgan fingerprint density at radius 1 is 1.23 bits per heavy atom. The maximum atomic E-state index is 5.42. The van der Waals surface area contributed by atoms with Gasteiger partial charge in [0.15, 0.2) is 0 Å². The highest BCUT2D eigenvalue weighted by atomic mass is 35.5. The summed E-state index contributed by atoms with van der Waals surface area (Å²) >= 11 is 5.42. The number of hydrogen-bond acceptors (Lipinski definition) is 1. The highest BCUT2D eigenvalue weighted by molar-refractivity contribution is 6.25. The summed E-state index contributed by atoms with van der Waals surface area (Å²) in [5.41, 5.74) is 2.55. The molecular formula is C11H20ClN. The van der Waals surface area contributed by atoms with Crippen LogP contribution < -0.4 is 5.32 Å². The minimum absolute atomic E-state index is 0.491. The second-order valence-corrected chi connectivity index (χ2v) is 5.27. The average Bonchev–Trinajstić information content (AvgIpc) is 2.39. The Morgan fingerprint density at radius 2 is 1.77 bits per heavy atom. The lowest BCUT2D eigenvalue weighted by Gasteiger charge is -2.04. The van der Waals surface area contributed by atoms with Gasteiger partial charge in [0.25, 0.3) is 0 Å². The average molecular weight is 202 g/mol. The third kappa shape index (κ3) is 1.92. The highest BCUT2D eigenvalue weighted by Gasteiger charge is 2.63. The van der Waals surface area contributed by atoms with Crippen molar-refractivity contribution in [3.63, 3.8) is 0 Å². The van der Waals surface area contributed by atoms with E-state index in [4.69, 9.17) is 11.6 Å². The van der Waals surface area contributed by atoms with Crippen molar-refractivity contribution in [2.24, 2.45) is 16.7 Å². The van der Waals surface area contributed by atoms with Gasteiger partial charge in [0.1, 0.15) is 0 Å². The van der Waals surface area contributed by atoms with E-state index in [0.717, 1.165) is 19.0 Å². The van der Waals surface area contributed by atoms with E-state index in [1.54, 1.807) is 5.54 Å². The molecule has 1 N–H and O–H groups in total. The van der Waals surface area contributed by atoms with Crippen LogP contribution in [0.5, 0.6) is 0 Å². The molecule has 1 aliphatic rings. The van der Waals surface area contributed by atoms with Gasteiger partial charge in [-0.1, -0.05) is 45.4 Å². The molecule has 1 nitrogen and oxygen atoms in total. The zero-order valence-corrected chi connectivity index (χ0v) is 9.78. The normalized spacial score (nSPS) is 25.3. The molecule has 0 unspecified atom stereocenters. The zero-order chi connectivity index (χ0) is 10.1. The second-order valence-electron chi connectivity index (χ2n) is 5.02. The number of halogens is 1. The van der Waals surface area contributed by atoms with Crippen LogP contribution in [0.2, 0.25) is 0 Å². The molecule has 0 aromatic carbocycles. The molecule has 0 saturated heterocycles. The van der Waals surface area contributed by atoms with E-state index >= 15 is 0 Å². The zero-order valence-electron chi connectivity index (χ0n) is 9.02. The van der Waals surface area contributed by atoms with Crippen LogP contribution >= 0.6 is 11.6 Å². The Bertz CT molecular complexity index is 192. The monoisotopic (exact) mass is 201 g/mol. The Balaban J connectivity index is 2.26. The van der Waals surface area contributed by atoms with Crippen LogP contribution in [0.3, 0.4) is 0 Å². The van der Waals surface area contributed by atoms with Crippen molar-refractivity contribution in [3.8, 4) is 0 Å². The van der Waals surface area contributed by atoms with Crippen molar-refractivity contribution in [3.05, 3.63) is 11.6 Å². The molecule has 1 fully saturated rings. The van der Waals surface area contributed by atoms with Gasteiger partial charge in [-0.15, -0.1) is 0 Å². The van der Waals surface area contributed by atoms with E-state index in [1.165, 1.54) is 0 Å². The molecule has 0 atom stereocenters. The van der Waals surface area contributed by atoms with Crippen molar-refractivity contribution in [1.82, 2.24) is 5.32 Å². The van der Waals surface area contributed by atoms with Gasteiger partial charge in [-0.2, -0.15) is 0 Å². The summed E-state index contributed by atoms with van der Waals surface area (Å²) in [5.74, 6) is 0.795. The van der Waals surface area contributed by atoms with E-state index < -0.39 is 0 Å². The van der Waals surface area contributed by atoms with Crippen molar-refractivity contribution in [1.29, 1.82) is 0 Å². The van der Waals surface area contributed by atoms with E-state index in [1.807, 2.05) is 6.08 Å². The first-order chi connectivity index (χ1) is 5.94. The molecule has 2 heteroatoms. The summed E-state index contributed by atoms with van der Waals surface area (Å²) in [6.45, 7) is 11.4. The minimum atomic E-state index is 0.491. The molecule has 0 aromatic heterocycles. The van der Waals surface area contributed by atoms with Crippen LogP contribution in [0.15, 0.2) is 11.6 Å². The highest BCUT2D eigenvalue weighted by Crippen LogP contribution is 2.67. The van der Waals surface area contributed by atoms with Gasteiger partial charge in [-0.05, 0) is 23.3 Å². The van der Waals surface area contributed by atoms with Gasteiger partial charge >= 0.3 is 0 Å². The topological polar surface area (TPSA) is 12.0 Å². The summed E-state index contributed by atoms with van der Waals surface area (Å²) in [7, 11) is 0. The predicted molar refractivity (Wildman–Crippen MR) is 58.9 cm³/mol. The lowest BCUT2D eigenvalue weighted by molar-refractivity contribution is 0.457. The van der Waals surface area contributed by atoms with Crippen LogP contribution in [-0.4, -0.2) is 13.1 Å². The van der Waals surface area contributed by atoms with Crippen LogP contribution in [0.25, 0.3) is 0 Å². The van der Waals surface area contributed by atoms with E-state index in [2.05, 4.69) is 33.0 Å². The molecule has 0 aromatic rings. The summed E-state index contributed by atoms with van der Waals surface area (Å²) in [6.07, 6.45) is 1.93. The van der Waals surface area contributed by atoms with Crippen LogP contribution in [0.1, 0.15) is 27.7 Å². The second kappa shape index (κ2) is 3.62. The van der Waals surface area contributed by atoms with Gasteiger partial charge in [0.2, 0.25) is 0 Å². The third-order valence-corrected chi connectivity index (χ3v) is 4.20. The van der Waals surface area contributed by atoms with Gasteiger partial charge in [-0.3, -0.25) is 0 Å². The Morgan fingerprint density at radius 3 is 2.15 bits per heavy atom. The fourth-order valence-corrected chi connectivity index (χ4v) is 2.29. The van der Waals surface area contributed by atoms with E-state index in [0.29, 0.717) is 10.8 Å². The number of rotatable bonds is 4. The molecular weight excluding hydrogens is 182 g/mol. The third-order valence-electron chi connectivity index (χ3n) is 4.02. The predicted octanol–water partition coefficient (Wildman–Crippen LogP) is 3.01. The summed E-state index contributed by atoms with van der Waals surface area (Å²) < 4.78 is 0. The maximum Gasteiger partial charge on any atom is 0.0146 e. The van der Waals surface area contributed by atoms with E-state index in [-0.39, 0.29) is 0 Å². The molecule has 0 spiro atoms. The van der Waals surface area contributed by atoms with Gasteiger partial charge in [-0.25, -0.2) is 0 Å². The van der Waals surface area contributed by atoms with Crippen molar-refractivity contribution < 1.29 is 0 Å². The molecule has 0 radical (unpaired) electrons. The molecule has 13 heavy (non-hydrogen) atoms. The summed E-state index contributed by atoms with van der Waals surface area (Å²) in [6, 6.07) is 0. The molecule has 0 aliphatic heterocycles. The lowest BCUT2D eigenvalue weighted by atomic mass is 10.0. The minimum Gasteiger partial charge on any atom is -0.313 e. The molecule has 76 valence electrons. The van der Waals surface area contributed by atoms with Crippen LogP contribution in [-0.2, 0) is 0 Å². The Kier molecular flexibility index (Phi) is 3.09. The first-order valence-corrected chi connectivity index (χ1v) is 5.34. The van der Waals surface area contributed by atoms with Crippen molar-refractivity contribution in [2.45, 2.75) is 27.7 Å². The number of nitrogens with one attached hydrogen (secondary N) is 1. The number of hydrogen-bond donors (Lipinski definition) is 1. The molecule has 1 aliphatic carbocycles. The van der Waals surface area contributed by atoms with Gasteiger partial charge < -0.3 is 5.32 Å². The molecule has 1 saturated carbocycles. The first kappa shape index (κ1) is 11.1. The lowest BCUT2D eigenvalue weighted by Crippen LogP contribution is -2.19. The first-order valence-electron chi connectivity index (χ1n) is 4.90. The maximum absolute atomic E-state index is 5.42. The fourth-order valence-electron chi connectivity index (χ4n) is 2.20. The molecule has 0 bridgehead atoms. The Hall–Kier alpha value is -0.0100. The molecule has 0 amide bonds. The van der Waals surface area contributed by atoms with Gasteiger partial charge in [0.05, 0.1) is 0 Å². The van der Waals surface area contributed by atoms with E-state index in [9.17, 15) is 0 Å². The summed E-state index contributed by atoms with van der Waals surface area (Å²) in [4.78, 5) is 0. The standard InChI is InChI=1S/C11H20ClN/c1-10(2)9(11(10,3)4)8-13-7-5-6-12/h5-6,9,13H,7-8H2,1-4H3/b6-5+. The smallest absolute Gasteiger partial charge is 0.0146 e. The van der Waals surface area contributed by atoms with Gasteiger partial charge in [0, 0.05) is 12.1 Å². The van der Waals surface area contributed by atoms with Crippen LogP contribution in [0, 0.1) is 16.7 Å². The molecule has 0 heterocycles. The fraction of sp³-hybridized carbons (Fsp3) is 0.818. The van der Waals surface area contributed by atoms with Crippen LogP contribution in [0.4, 0.5) is 0 Å². The van der Waals surface area contributed by atoms with Crippen molar-refractivity contribution in [2.75, 3.05) is 13.1 Å². The SMILES string of the molecule is CC1(C)C(CNC/C=C/Cl)C1(C)C. The van der Waals surface area contributed by atoms with Crippen molar-refractivity contribution >= 4 is 11.6 Å². The quantitative estimate of drug-likeness (QED) is 0.690. The summed E-state index contributed by atoms with van der Waals surface area (Å²) in [5, 5.41) is 3.39. The molecule has 1 rings (SSSR count).